The van der Waals surface area contributed by atoms with Gasteiger partial charge in [0.2, 0.25) is 0 Å². The molecule has 0 aromatic rings. The van der Waals surface area contributed by atoms with E-state index < -0.39 is 0 Å². The van der Waals surface area contributed by atoms with E-state index in [0.29, 0.717) is 18.1 Å². The van der Waals surface area contributed by atoms with Gasteiger partial charge in [0.1, 0.15) is 0 Å². The fourth-order valence-electron chi connectivity index (χ4n) is 1.79. The third-order valence-corrected chi connectivity index (χ3v) is 2.53. The molecule has 1 aliphatic heterocycles. The van der Waals surface area contributed by atoms with Crippen LogP contribution in [-0.4, -0.2) is 47.8 Å². The molecule has 1 rings (SSSR count). The third-order valence-electron chi connectivity index (χ3n) is 2.53. The average molecular weight is 172 g/mol. The number of rotatable bonds is 2. The SMILES string of the molecule is CC1CN(C(C)C)C(CO)CN1. The Bertz CT molecular complexity index is 138. The molecule has 0 aromatic heterocycles. The van der Waals surface area contributed by atoms with Crippen molar-refractivity contribution in [2.24, 2.45) is 0 Å². The molecule has 12 heavy (non-hydrogen) atoms. The first-order valence-electron chi connectivity index (χ1n) is 4.75. The van der Waals surface area contributed by atoms with Gasteiger partial charge in [0.15, 0.2) is 0 Å². The monoisotopic (exact) mass is 172 g/mol. The number of hydrogen-bond acceptors (Lipinski definition) is 3. The van der Waals surface area contributed by atoms with Crippen LogP contribution in [0.25, 0.3) is 0 Å². The molecular formula is C9H20N2O. The molecule has 1 heterocycles. The molecule has 0 radical (unpaired) electrons. The Morgan fingerprint density at radius 3 is 2.75 bits per heavy atom. The van der Waals surface area contributed by atoms with Gasteiger partial charge in [-0.1, -0.05) is 0 Å². The second kappa shape index (κ2) is 4.21. The highest BCUT2D eigenvalue weighted by atomic mass is 16.3. The molecule has 72 valence electrons. The van der Waals surface area contributed by atoms with Crippen LogP contribution in [0.4, 0.5) is 0 Å². The van der Waals surface area contributed by atoms with Gasteiger partial charge in [0.05, 0.1) is 6.61 Å². The molecule has 0 aliphatic carbocycles. The van der Waals surface area contributed by atoms with Crippen molar-refractivity contribution in [3.63, 3.8) is 0 Å². The summed E-state index contributed by atoms with van der Waals surface area (Å²) in [6, 6.07) is 1.39. The Kier molecular flexibility index (Phi) is 3.50. The Labute approximate surface area is 74.8 Å². The fraction of sp³-hybridized carbons (Fsp3) is 1.00. The molecule has 1 aliphatic rings. The standard InChI is InChI=1S/C9H20N2O/c1-7(2)11-5-8(3)10-4-9(11)6-12/h7-10,12H,4-6H2,1-3H3. The highest BCUT2D eigenvalue weighted by Crippen LogP contribution is 2.10. The van der Waals surface area contributed by atoms with Crippen molar-refractivity contribution in [3.05, 3.63) is 0 Å². The normalized spacial score (nSPS) is 32.8. The van der Waals surface area contributed by atoms with E-state index in [4.69, 9.17) is 5.11 Å². The Balaban J connectivity index is 2.52. The molecule has 3 nitrogen and oxygen atoms in total. The number of aliphatic hydroxyl groups excluding tert-OH is 1. The zero-order valence-corrected chi connectivity index (χ0v) is 8.25. The molecule has 0 spiro atoms. The highest BCUT2D eigenvalue weighted by Gasteiger charge is 2.26. The molecule has 3 heteroatoms. The van der Waals surface area contributed by atoms with Crippen molar-refractivity contribution >= 4 is 0 Å². The Morgan fingerprint density at radius 2 is 2.25 bits per heavy atom. The van der Waals surface area contributed by atoms with E-state index in [1.807, 2.05) is 0 Å². The lowest BCUT2D eigenvalue weighted by Gasteiger charge is -2.41. The maximum Gasteiger partial charge on any atom is 0.0599 e. The van der Waals surface area contributed by atoms with Gasteiger partial charge in [-0.25, -0.2) is 0 Å². The van der Waals surface area contributed by atoms with Crippen LogP contribution in [0, 0.1) is 0 Å². The molecule has 1 fully saturated rings. The molecule has 1 saturated heterocycles. The summed E-state index contributed by atoms with van der Waals surface area (Å²) >= 11 is 0. The van der Waals surface area contributed by atoms with E-state index in [0.717, 1.165) is 13.1 Å². The zero-order chi connectivity index (χ0) is 9.14. The van der Waals surface area contributed by atoms with Crippen molar-refractivity contribution in [1.29, 1.82) is 0 Å². The summed E-state index contributed by atoms with van der Waals surface area (Å²) in [7, 11) is 0. The quantitative estimate of drug-likeness (QED) is 0.618. The number of piperazine rings is 1. The van der Waals surface area contributed by atoms with Gasteiger partial charge in [0.25, 0.3) is 0 Å². The number of nitrogens with one attached hydrogen (secondary N) is 1. The highest BCUT2D eigenvalue weighted by molar-refractivity contribution is 4.85. The average Bonchev–Trinajstić information content (AvgIpc) is 2.04. The van der Waals surface area contributed by atoms with Crippen molar-refractivity contribution in [1.82, 2.24) is 10.2 Å². The summed E-state index contributed by atoms with van der Waals surface area (Å²) in [5.41, 5.74) is 0. The first kappa shape index (κ1) is 9.96. The van der Waals surface area contributed by atoms with Gasteiger partial charge in [-0.3, -0.25) is 4.90 Å². The molecule has 0 saturated carbocycles. The van der Waals surface area contributed by atoms with Gasteiger partial charge in [0, 0.05) is 31.2 Å². The van der Waals surface area contributed by atoms with Crippen molar-refractivity contribution in [2.45, 2.75) is 38.9 Å². The van der Waals surface area contributed by atoms with Gasteiger partial charge in [-0.15, -0.1) is 0 Å². The van der Waals surface area contributed by atoms with Crippen LogP contribution < -0.4 is 5.32 Å². The number of hydrogen-bond donors (Lipinski definition) is 2. The second-order valence-electron chi connectivity index (χ2n) is 3.94. The summed E-state index contributed by atoms with van der Waals surface area (Å²) in [4.78, 5) is 2.36. The van der Waals surface area contributed by atoms with E-state index in [2.05, 4.69) is 31.0 Å². The molecule has 0 bridgehead atoms. The first-order valence-corrected chi connectivity index (χ1v) is 4.75. The summed E-state index contributed by atoms with van der Waals surface area (Å²) < 4.78 is 0. The smallest absolute Gasteiger partial charge is 0.0599 e. The summed E-state index contributed by atoms with van der Waals surface area (Å²) in [5.74, 6) is 0. The van der Waals surface area contributed by atoms with Crippen LogP contribution >= 0.6 is 0 Å². The summed E-state index contributed by atoms with van der Waals surface area (Å²) in [5, 5.41) is 12.5. The minimum Gasteiger partial charge on any atom is -0.395 e. The predicted molar refractivity (Wildman–Crippen MR) is 50.2 cm³/mol. The van der Waals surface area contributed by atoms with Gasteiger partial charge in [-0.05, 0) is 20.8 Å². The lowest BCUT2D eigenvalue weighted by atomic mass is 10.1. The van der Waals surface area contributed by atoms with Gasteiger partial charge in [-0.2, -0.15) is 0 Å². The topological polar surface area (TPSA) is 35.5 Å². The van der Waals surface area contributed by atoms with Crippen molar-refractivity contribution in [2.75, 3.05) is 19.7 Å². The first-order chi connectivity index (χ1) is 5.65. The zero-order valence-electron chi connectivity index (χ0n) is 8.25. The van der Waals surface area contributed by atoms with Crippen LogP contribution in [0.15, 0.2) is 0 Å². The lowest BCUT2D eigenvalue weighted by Crippen LogP contribution is -2.58. The largest absolute Gasteiger partial charge is 0.395 e. The number of aliphatic hydroxyl groups is 1. The second-order valence-corrected chi connectivity index (χ2v) is 3.94. The fourth-order valence-corrected chi connectivity index (χ4v) is 1.79. The van der Waals surface area contributed by atoms with E-state index in [-0.39, 0.29) is 6.61 Å². The van der Waals surface area contributed by atoms with E-state index >= 15 is 0 Å². The van der Waals surface area contributed by atoms with Gasteiger partial charge < -0.3 is 10.4 Å². The van der Waals surface area contributed by atoms with Crippen molar-refractivity contribution < 1.29 is 5.11 Å². The lowest BCUT2D eigenvalue weighted by molar-refractivity contribution is 0.0597. The van der Waals surface area contributed by atoms with Crippen molar-refractivity contribution in [3.8, 4) is 0 Å². The van der Waals surface area contributed by atoms with Crippen LogP contribution in [0.2, 0.25) is 0 Å². The Hall–Kier alpha value is -0.120. The minimum atomic E-state index is 0.262. The van der Waals surface area contributed by atoms with Crippen LogP contribution in [0.3, 0.4) is 0 Å². The molecule has 0 aromatic carbocycles. The maximum absolute atomic E-state index is 9.11. The number of nitrogens with zero attached hydrogens (tertiary/aromatic N) is 1. The molecule has 0 amide bonds. The van der Waals surface area contributed by atoms with E-state index in [9.17, 15) is 0 Å². The van der Waals surface area contributed by atoms with Crippen LogP contribution in [0.1, 0.15) is 20.8 Å². The summed E-state index contributed by atoms with van der Waals surface area (Å²) in [6.45, 7) is 8.76. The van der Waals surface area contributed by atoms with E-state index in [1.165, 1.54) is 0 Å². The molecule has 2 unspecified atom stereocenters. The molecular weight excluding hydrogens is 152 g/mol. The molecule has 2 atom stereocenters. The van der Waals surface area contributed by atoms with E-state index in [1.54, 1.807) is 0 Å². The van der Waals surface area contributed by atoms with Gasteiger partial charge >= 0.3 is 0 Å². The molecule has 2 N–H and O–H groups in total. The van der Waals surface area contributed by atoms with Crippen LogP contribution in [-0.2, 0) is 0 Å². The minimum absolute atomic E-state index is 0.262. The summed E-state index contributed by atoms with van der Waals surface area (Å²) in [6.07, 6.45) is 0. The maximum atomic E-state index is 9.11. The third kappa shape index (κ3) is 2.19. The van der Waals surface area contributed by atoms with Crippen LogP contribution in [0.5, 0.6) is 0 Å². The predicted octanol–water partition coefficient (Wildman–Crippen LogP) is 0.0494. The Morgan fingerprint density at radius 1 is 1.58 bits per heavy atom.